The van der Waals surface area contributed by atoms with Crippen LogP contribution >= 0.6 is 0 Å². The lowest BCUT2D eigenvalue weighted by atomic mass is 10.1. The van der Waals surface area contributed by atoms with E-state index in [9.17, 15) is 9.59 Å². The number of ether oxygens (including phenoxy) is 2. The Morgan fingerprint density at radius 2 is 2.00 bits per heavy atom. The van der Waals surface area contributed by atoms with Gasteiger partial charge < -0.3 is 9.47 Å². The number of rotatable bonds is 0. The van der Waals surface area contributed by atoms with Gasteiger partial charge in [0.25, 0.3) is 0 Å². The second-order valence-corrected chi connectivity index (χ2v) is 3.25. The Balaban J connectivity index is 2.27. The van der Waals surface area contributed by atoms with E-state index >= 15 is 0 Å². The Morgan fingerprint density at radius 3 is 2.86 bits per heavy atom. The van der Waals surface area contributed by atoms with Gasteiger partial charge in [0.1, 0.15) is 0 Å². The van der Waals surface area contributed by atoms with Crippen molar-refractivity contribution in [1.82, 2.24) is 0 Å². The molecule has 3 rings (SSSR count). The predicted octanol–water partition coefficient (Wildman–Crippen LogP) is 0.723. The van der Waals surface area contributed by atoms with Crippen molar-refractivity contribution in [2.45, 2.75) is 6.42 Å². The van der Waals surface area contributed by atoms with E-state index in [-0.39, 0.29) is 19.0 Å². The summed E-state index contributed by atoms with van der Waals surface area (Å²) in [7, 11) is 0. The molecule has 0 bridgehead atoms. The van der Waals surface area contributed by atoms with Crippen LogP contribution in [0.3, 0.4) is 0 Å². The number of hydrogen-bond donors (Lipinski definition) is 0. The number of fused-ring (bicyclic) bond motifs is 3. The highest BCUT2D eigenvalue weighted by molar-refractivity contribution is 6.47. The molecule has 0 saturated carbocycles. The van der Waals surface area contributed by atoms with Gasteiger partial charge in [-0.15, -0.1) is 0 Å². The summed E-state index contributed by atoms with van der Waals surface area (Å²) in [5, 5.41) is 0. The first-order chi connectivity index (χ1) is 6.77. The lowest BCUT2D eigenvalue weighted by Crippen LogP contribution is -2.05. The van der Waals surface area contributed by atoms with E-state index in [0.717, 1.165) is 0 Å². The third kappa shape index (κ3) is 0.775. The first-order valence-electron chi connectivity index (χ1n) is 4.26. The zero-order valence-electron chi connectivity index (χ0n) is 7.20. The summed E-state index contributed by atoms with van der Waals surface area (Å²) in [6, 6.07) is 3.29. The predicted molar refractivity (Wildman–Crippen MR) is 45.6 cm³/mol. The lowest BCUT2D eigenvalue weighted by Gasteiger charge is -2.00. The molecule has 0 unspecified atom stereocenters. The first kappa shape index (κ1) is 7.55. The minimum absolute atomic E-state index is 0.140. The fourth-order valence-electron chi connectivity index (χ4n) is 1.81. The highest BCUT2D eigenvalue weighted by Gasteiger charge is 2.33. The zero-order valence-corrected chi connectivity index (χ0v) is 7.20. The SMILES string of the molecule is O=C1Cc2c(ccc3c2OCO3)C1=O. The third-order valence-corrected chi connectivity index (χ3v) is 2.48. The van der Waals surface area contributed by atoms with Gasteiger partial charge in [-0.05, 0) is 12.1 Å². The van der Waals surface area contributed by atoms with Crippen LogP contribution in [0.15, 0.2) is 12.1 Å². The van der Waals surface area contributed by atoms with Crippen molar-refractivity contribution in [2.24, 2.45) is 0 Å². The summed E-state index contributed by atoms with van der Waals surface area (Å²) in [4.78, 5) is 22.5. The normalized spacial score (nSPS) is 17.4. The average Bonchev–Trinajstić information content (AvgIpc) is 2.73. The molecule has 1 aliphatic heterocycles. The van der Waals surface area contributed by atoms with Crippen LogP contribution < -0.4 is 9.47 Å². The molecule has 1 aliphatic carbocycles. The quantitative estimate of drug-likeness (QED) is 0.566. The van der Waals surface area contributed by atoms with Crippen molar-refractivity contribution in [1.29, 1.82) is 0 Å². The first-order valence-corrected chi connectivity index (χ1v) is 4.26. The molecule has 70 valence electrons. The molecule has 0 fully saturated rings. The van der Waals surface area contributed by atoms with Gasteiger partial charge in [0.15, 0.2) is 11.5 Å². The maximum atomic E-state index is 11.4. The molecule has 1 aromatic carbocycles. The molecular formula is C10H6O4. The Labute approximate surface area is 79.4 Å². The Bertz CT molecular complexity index is 461. The summed E-state index contributed by atoms with van der Waals surface area (Å²) < 4.78 is 10.4. The summed E-state index contributed by atoms with van der Waals surface area (Å²) in [5.74, 6) is 0.384. The van der Waals surface area contributed by atoms with Crippen molar-refractivity contribution in [3.63, 3.8) is 0 Å². The maximum absolute atomic E-state index is 11.4. The van der Waals surface area contributed by atoms with Crippen LogP contribution in [-0.2, 0) is 11.2 Å². The fourth-order valence-corrected chi connectivity index (χ4v) is 1.81. The third-order valence-electron chi connectivity index (χ3n) is 2.48. The lowest BCUT2D eigenvalue weighted by molar-refractivity contribution is -0.114. The molecule has 1 aromatic rings. The highest BCUT2D eigenvalue weighted by Crippen LogP contribution is 2.40. The van der Waals surface area contributed by atoms with E-state index in [4.69, 9.17) is 9.47 Å². The van der Waals surface area contributed by atoms with E-state index in [2.05, 4.69) is 0 Å². The van der Waals surface area contributed by atoms with Crippen molar-refractivity contribution < 1.29 is 19.1 Å². The van der Waals surface area contributed by atoms with Gasteiger partial charge in [-0.2, -0.15) is 0 Å². The second-order valence-electron chi connectivity index (χ2n) is 3.25. The van der Waals surface area contributed by atoms with Crippen LogP contribution in [0.4, 0.5) is 0 Å². The molecule has 0 spiro atoms. The average molecular weight is 190 g/mol. The monoisotopic (exact) mass is 190 g/mol. The van der Waals surface area contributed by atoms with Crippen molar-refractivity contribution in [3.05, 3.63) is 23.3 Å². The summed E-state index contributed by atoms with van der Waals surface area (Å²) in [6.45, 7) is 0.161. The molecule has 0 N–H and O–H groups in total. The van der Waals surface area contributed by atoms with Crippen molar-refractivity contribution in [3.8, 4) is 11.5 Å². The van der Waals surface area contributed by atoms with Crippen molar-refractivity contribution in [2.75, 3.05) is 6.79 Å². The Kier molecular flexibility index (Phi) is 1.27. The summed E-state index contributed by atoms with van der Waals surface area (Å²) in [5.41, 5.74) is 1.13. The van der Waals surface area contributed by atoms with Gasteiger partial charge in [-0.1, -0.05) is 0 Å². The van der Waals surface area contributed by atoms with Crippen LogP contribution in [0.1, 0.15) is 15.9 Å². The van der Waals surface area contributed by atoms with Crippen molar-refractivity contribution >= 4 is 11.6 Å². The van der Waals surface area contributed by atoms with Crippen LogP contribution in [0.5, 0.6) is 11.5 Å². The maximum Gasteiger partial charge on any atom is 0.231 e. The summed E-state index contributed by atoms with van der Waals surface area (Å²) >= 11 is 0. The van der Waals surface area contributed by atoms with Gasteiger partial charge in [0, 0.05) is 17.5 Å². The largest absolute Gasteiger partial charge is 0.454 e. The zero-order chi connectivity index (χ0) is 9.71. The number of hydrogen-bond acceptors (Lipinski definition) is 4. The number of ketones is 2. The Hall–Kier alpha value is -1.84. The number of carbonyl (C=O) groups excluding carboxylic acids is 2. The Morgan fingerprint density at radius 1 is 1.14 bits per heavy atom. The molecule has 0 atom stereocenters. The molecule has 2 aliphatic rings. The molecule has 0 aromatic heterocycles. The van der Waals surface area contributed by atoms with Gasteiger partial charge in [0.05, 0.1) is 0 Å². The van der Waals surface area contributed by atoms with Gasteiger partial charge in [0.2, 0.25) is 18.4 Å². The van der Waals surface area contributed by atoms with E-state index in [1.165, 1.54) is 0 Å². The topological polar surface area (TPSA) is 52.6 Å². The van der Waals surface area contributed by atoms with Crippen LogP contribution in [-0.4, -0.2) is 18.4 Å². The van der Waals surface area contributed by atoms with E-state index < -0.39 is 5.78 Å². The molecule has 4 nitrogen and oxygen atoms in total. The van der Waals surface area contributed by atoms with Gasteiger partial charge in [-0.25, -0.2) is 0 Å². The molecule has 4 heteroatoms. The smallest absolute Gasteiger partial charge is 0.231 e. The van der Waals surface area contributed by atoms with Crippen LogP contribution in [0, 0.1) is 0 Å². The highest BCUT2D eigenvalue weighted by atomic mass is 16.7. The number of benzene rings is 1. The number of carbonyl (C=O) groups is 2. The fraction of sp³-hybridized carbons (Fsp3) is 0.200. The van der Waals surface area contributed by atoms with Crippen LogP contribution in [0.25, 0.3) is 0 Å². The molecule has 0 radical (unpaired) electrons. The second kappa shape index (κ2) is 2.35. The molecule has 0 saturated heterocycles. The molecule has 14 heavy (non-hydrogen) atoms. The van der Waals surface area contributed by atoms with Crippen LogP contribution in [0.2, 0.25) is 0 Å². The van der Waals surface area contributed by atoms with E-state index in [1.54, 1.807) is 12.1 Å². The minimum Gasteiger partial charge on any atom is -0.454 e. The van der Waals surface area contributed by atoms with Gasteiger partial charge >= 0.3 is 0 Å². The van der Waals surface area contributed by atoms with Gasteiger partial charge in [-0.3, -0.25) is 9.59 Å². The summed E-state index contributed by atoms with van der Waals surface area (Å²) in [6.07, 6.45) is 0.140. The molecular weight excluding hydrogens is 184 g/mol. The molecule has 0 amide bonds. The standard InChI is InChI=1S/C10H6O4/c11-7-3-6-5(9(7)12)1-2-8-10(6)14-4-13-8/h1-2H,3-4H2. The van der Waals surface area contributed by atoms with E-state index in [0.29, 0.717) is 22.6 Å². The molecule has 1 heterocycles. The van der Waals surface area contributed by atoms with E-state index in [1.807, 2.05) is 0 Å². The number of Topliss-reactive ketones (excluding diaryl/α,β-unsaturated/α-hetero) is 2. The minimum atomic E-state index is -0.418.